The Kier molecular flexibility index (Phi) is 5.30. The Morgan fingerprint density at radius 1 is 1.25 bits per heavy atom. The molecular weight excluding hydrogens is 352 g/mol. The molecule has 6 heteroatoms. The fraction of sp³-hybridized carbons (Fsp3) is 0.364. The largest absolute Gasteiger partial charge is 0.486 e. The maximum Gasteiger partial charge on any atom is 0.257 e. The minimum absolute atomic E-state index is 0.0415. The molecule has 0 spiro atoms. The number of pyridine rings is 1. The zero-order chi connectivity index (χ0) is 19.5. The molecule has 0 aliphatic carbocycles. The first kappa shape index (κ1) is 18.5. The van der Waals surface area contributed by atoms with E-state index in [0.717, 1.165) is 37.4 Å². The first-order valence-corrected chi connectivity index (χ1v) is 9.74. The Bertz CT molecular complexity index is 982. The van der Waals surface area contributed by atoms with Crippen LogP contribution >= 0.6 is 0 Å². The molecule has 1 amide bonds. The lowest BCUT2D eigenvalue weighted by atomic mass is 10.1. The Labute approximate surface area is 165 Å². The minimum atomic E-state index is 0.0415. The fourth-order valence-corrected chi connectivity index (χ4v) is 3.79. The highest BCUT2D eigenvalue weighted by molar-refractivity contribution is 5.97. The van der Waals surface area contributed by atoms with Gasteiger partial charge in [-0.3, -0.25) is 4.79 Å². The molecule has 1 aliphatic heterocycles. The topological polar surface area (TPSA) is 58.9 Å². The summed E-state index contributed by atoms with van der Waals surface area (Å²) in [5.74, 6) is 1.17. The van der Waals surface area contributed by atoms with E-state index in [4.69, 9.17) is 4.74 Å². The van der Waals surface area contributed by atoms with E-state index >= 15 is 0 Å². The van der Waals surface area contributed by atoms with Gasteiger partial charge in [0.25, 0.3) is 5.91 Å². The minimum Gasteiger partial charge on any atom is -0.486 e. The standard InChI is InChI=1S/C22H26N4O2/c1-16-7-8-21-24-18(14-26(21)12-16)15-28-20-6-4-3-5-19(20)22(27)25-10-9-17(13-25)11-23-2/h3-8,12,14,17,23H,9-11,13,15H2,1-2H3. The molecule has 1 aliphatic rings. The number of aryl methyl sites for hydroxylation is 1. The lowest BCUT2D eigenvalue weighted by Gasteiger charge is -2.18. The number of amides is 1. The molecule has 1 fully saturated rings. The van der Waals surface area contributed by atoms with Crippen molar-refractivity contribution in [1.29, 1.82) is 0 Å². The maximum absolute atomic E-state index is 13.0. The number of nitrogens with zero attached hydrogens (tertiary/aromatic N) is 3. The van der Waals surface area contributed by atoms with Gasteiger partial charge in [0.05, 0.1) is 11.3 Å². The number of hydrogen-bond acceptors (Lipinski definition) is 4. The Morgan fingerprint density at radius 3 is 2.96 bits per heavy atom. The highest BCUT2D eigenvalue weighted by Crippen LogP contribution is 2.24. The van der Waals surface area contributed by atoms with Crippen molar-refractivity contribution < 1.29 is 9.53 Å². The van der Waals surface area contributed by atoms with Crippen LogP contribution in [-0.4, -0.2) is 46.9 Å². The summed E-state index contributed by atoms with van der Waals surface area (Å²) in [5.41, 5.74) is 3.52. The van der Waals surface area contributed by atoms with Crippen LogP contribution in [0.15, 0.2) is 48.8 Å². The van der Waals surface area contributed by atoms with Crippen LogP contribution in [0.3, 0.4) is 0 Å². The second-order valence-corrected chi connectivity index (χ2v) is 7.45. The van der Waals surface area contributed by atoms with Crippen LogP contribution < -0.4 is 10.1 Å². The van der Waals surface area contributed by atoms with Gasteiger partial charge in [-0.15, -0.1) is 0 Å². The summed E-state index contributed by atoms with van der Waals surface area (Å²) in [7, 11) is 1.95. The number of fused-ring (bicyclic) bond motifs is 1. The summed E-state index contributed by atoms with van der Waals surface area (Å²) in [4.78, 5) is 19.5. The molecule has 1 unspecified atom stereocenters. The van der Waals surface area contributed by atoms with Crippen LogP contribution in [0.25, 0.3) is 5.65 Å². The Hall–Kier alpha value is -2.86. The molecule has 1 saturated heterocycles. The molecule has 28 heavy (non-hydrogen) atoms. The normalized spacial score (nSPS) is 16.6. The van der Waals surface area contributed by atoms with E-state index in [2.05, 4.69) is 17.2 Å². The van der Waals surface area contributed by atoms with Gasteiger partial charge in [-0.2, -0.15) is 0 Å². The van der Waals surface area contributed by atoms with E-state index in [-0.39, 0.29) is 5.91 Å². The second-order valence-electron chi connectivity index (χ2n) is 7.45. The van der Waals surface area contributed by atoms with E-state index < -0.39 is 0 Å². The molecule has 1 atom stereocenters. The number of likely N-dealkylation sites (tertiary alicyclic amines) is 1. The van der Waals surface area contributed by atoms with Crippen LogP contribution in [-0.2, 0) is 6.61 Å². The van der Waals surface area contributed by atoms with Crippen molar-refractivity contribution in [2.75, 3.05) is 26.7 Å². The number of nitrogens with one attached hydrogen (secondary N) is 1. The first-order chi connectivity index (χ1) is 13.6. The predicted molar refractivity (Wildman–Crippen MR) is 109 cm³/mol. The fourth-order valence-electron chi connectivity index (χ4n) is 3.79. The van der Waals surface area contributed by atoms with Crippen molar-refractivity contribution >= 4 is 11.6 Å². The second kappa shape index (κ2) is 8.02. The van der Waals surface area contributed by atoms with Crippen LogP contribution in [0, 0.1) is 12.8 Å². The third-order valence-electron chi connectivity index (χ3n) is 5.21. The summed E-state index contributed by atoms with van der Waals surface area (Å²) in [6.07, 6.45) is 5.05. The average Bonchev–Trinajstić information content (AvgIpc) is 3.32. The number of benzene rings is 1. The highest BCUT2D eigenvalue weighted by Gasteiger charge is 2.28. The molecule has 3 aromatic rings. The molecule has 4 rings (SSSR count). The molecule has 146 valence electrons. The molecule has 6 nitrogen and oxygen atoms in total. The van der Waals surface area contributed by atoms with Gasteiger partial charge < -0.3 is 19.4 Å². The van der Waals surface area contributed by atoms with Crippen LogP contribution in [0.1, 0.15) is 28.0 Å². The third-order valence-corrected chi connectivity index (χ3v) is 5.21. The Morgan fingerprint density at radius 2 is 2.11 bits per heavy atom. The zero-order valence-electron chi connectivity index (χ0n) is 16.4. The number of aromatic nitrogens is 2. The van der Waals surface area contributed by atoms with E-state index in [9.17, 15) is 4.79 Å². The summed E-state index contributed by atoms with van der Waals surface area (Å²) < 4.78 is 8.00. The number of para-hydroxylation sites is 1. The molecule has 1 N–H and O–H groups in total. The number of carbonyl (C=O) groups excluding carboxylic acids is 1. The SMILES string of the molecule is CNCC1CCN(C(=O)c2ccccc2OCc2cn3cc(C)ccc3n2)C1. The van der Waals surface area contributed by atoms with E-state index in [1.165, 1.54) is 5.56 Å². The smallest absolute Gasteiger partial charge is 0.257 e. The quantitative estimate of drug-likeness (QED) is 0.717. The monoisotopic (exact) mass is 378 g/mol. The van der Waals surface area contributed by atoms with Gasteiger partial charge in [-0.25, -0.2) is 4.98 Å². The predicted octanol–water partition coefficient (Wildman–Crippen LogP) is 2.90. The molecule has 1 aromatic carbocycles. The van der Waals surface area contributed by atoms with Gasteiger partial charge in [-0.1, -0.05) is 18.2 Å². The summed E-state index contributed by atoms with van der Waals surface area (Å²) >= 11 is 0. The maximum atomic E-state index is 13.0. The van der Waals surface area contributed by atoms with E-state index in [1.54, 1.807) is 0 Å². The molecule has 0 saturated carbocycles. The number of hydrogen-bond donors (Lipinski definition) is 1. The van der Waals surface area contributed by atoms with Crippen LogP contribution in [0.5, 0.6) is 5.75 Å². The van der Waals surface area contributed by atoms with Gasteiger partial charge in [0.2, 0.25) is 0 Å². The van der Waals surface area contributed by atoms with E-state index in [0.29, 0.717) is 23.8 Å². The van der Waals surface area contributed by atoms with E-state index in [1.807, 2.05) is 65.1 Å². The third kappa shape index (κ3) is 3.87. The van der Waals surface area contributed by atoms with Gasteiger partial charge in [0, 0.05) is 25.5 Å². The van der Waals surface area contributed by atoms with Crippen molar-refractivity contribution in [3.8, 4) is 5.75 Å². The number of carbonyl (C=O) groups is 1. The molecule has 0 radical (unpaired) electrons. The first-order valence-electron chi connectivity index (χ1n) is 9.74. The summed E-state index contributed by atoms with van der Waals surface area (Å²) in [6.45, 7) is 4.91. The molecule has 3 heterocycles. The van der Waals surface area contributed by atoms with Gasteiger partial charge in [0.1, 0.15) is 18.0 Å². The summed E-state index contributed by atoms with van der Waals surface area (Å²) in [5, 5.41) is 3.20. The number of imidazole rings is 1. The van der Waals surface area contributed by atoms with Gasteiger partial charge >= 0.3 is 0 Å². The van der Waals surface area contributed by atoms with Crippen LogP contribution in [0.4, 0.5) is 0 Å². The lowest BCUT2D eigenvalue weighted by molar-refractivity contribution is 0.0782. The van der Waals surface area contributed by atoms with Crippen molar-refractivity contribution in [3.63, 3.8) is 0 Å². The lowest BCUT2D eigenvalue weighted by Crippen LogP contribution is -2.30. The number of ether oxygens (including phenoxy) is 1. The molecular formula is C22H26N4O2. The summed E-state index contributed by atoms with van der Waals surface area (Å²) in [6, 6.07) is 11.5. The van der Waals surface area contributed by atoms with Gasteiger partial charge in [0.15, 0.2) is 0 Å². The van der Waals surface area contributed by atoms with Crippen molar-refractivity contribution in [3.05, 3.63) is 65.6 Å². The van der Waals surface area contributed by atoms with Gasteiger partial charge in [-0.05, 0) is 56.6 Å². The van der Waals surface area contributed by atoms with Crippen molar-refractivity contribution in [2.45, 2.75) is 20.0 Å². The number of rotatable bonds is 6. The highest BCUT2D eigenvalue weighted by atomic mass is 16.5. The molecule has 0 bridgehead atoms. The average molecular weight is 378 g/mol. The van der Waals surface area contributed by atoms with Crippen molar-refractivity contribution in [1.82, 2.24) is 19.6 Å². The van der Waals surface area contributed by atoms with Crippen LogP contribution in [0.2, 0.25) is 0 Å². The Balaban J connectivity index is 1.47. The zero-order valence-corrected chi connectivity index (χ0v) is 16.4. The molecule has 2 aromatic heterocycles. The van der Waals surface area contributed by atoms with Crippen molar-refractivity contribution in [2.24, 2.45) is 5.92 Å².